The molecule has 0 saturated carbocycles. The van der Waals surface area contributed by atoms with Crippen LogP contribution in [0.4, 0.5) is 5.13 Å². The van der Waals surface area contributed by atoms with Crippen LogP contribution in [0.2, 0.25) is 0 Å². The minimum absolute atomic E-state index is 0.00539. The van der Waals surface area contributed by atoms with Gasteiger partial charge in [-0.2, -0.15) is 4.79 Å². The normalized spacial score (nSPS) is 9.61. The molecule has 23 heavy (non-hydrogen) atoms. The van der Waals surface area contributed by atoms with Crippen LogP contribution in [0, 0.1) is 0 Å². The van der Waals surface area contributed by atoms with Crippen LogP contribution < -0.4 is 10.1 Å². The largest absolute Gasteiger partial charge is 0.497 e. The Kier molecular flexibility index (Phi) is 5.56. The first-order valence-electron chi connectivity index (χ1n) is 6.36. The molecule has 118 valence electrons. The monoisotopic (exact) mass is 332 g/mol. The van der Waals surface area contributed by atoms with Crippen LogP contribution in [-0.4, -0.2) is 35.0 Å². The van der Waals surface area contributed by atoms with E-state index in [1.54, 1.807) is 31.4 Å². The van der Waals surface area contributed by atoms with Gasteiger partial charge in [-0.15, -0.1) is 11.3 Å². The summed E-state index contributed by atoms with van der Waals surface area (Å²) in [4.78, 5) is 29.2. The SMILES string of the molecule is COc1ccc(COC(=O)C(=[N+]=[N-])c2csc(NC=O)n2)cc1. The third-order valence-electron chi connectivity index (χ3n) is 2.75. The van der Waals surface area contributed by atoms with E-state index in [0.717, 1.165) is 16.9 Å². The van der Waals surface area contributed by atoms with Crippen molar-refractivity contribution in [1.82, 2.24) is 4.98 Å². The number of esters is 1. The number of hydrogen-bond acceptors (Lipinski definition) is 6. The van der Waals surface area contributed by atoms with E-state index in [-0.39, 0.29) is 23.1 Å². The van der Waals surface area contributed by atoms with Gasteiger partial charge in [0.2, 0.25) is 6.41 Å². The van der Waals surface area contributed by atoms with Crippen LogP contribution in [-0.2, 0) is 20.9 Å². The molecule has 1 aromatic heterocycles. The van der Waals surface area contributed by atoms with Crippen molar-refractivity contribution in [2.75, 3.05) is 12.4 Å². The first-order chi connectivity index (χ1) is 11.2. The molecule has 1 N–H and O–H groups in total. The van der Waals surface area contributed by atoms with Gasteiger partial charge in [0.1, 0.15) is 12.4 Å². The van der Waals surface area contributed by atoms with Gasteiger partial charge in [0, 0.05) is 5.38 Å². The Balaban J connectivity index is 2.01. The lowest BCUT2D eigenvalue weighted by Gasteiger charge is -2.03. The van der Waals surface area contributed by atoms with E-state index in [9.17, 15) is 9.59 Å². The number of nitrogens with one attached hydrogen (secondary N) is 1. The highest BCUT2D eigenvalue weighted by molar-refractivity contribution is 7.14. The fraction of sp³-hybridized carbons (Fsp3) is 0.143. The molecule has 1 amide bonds. The molecule has 0 radical (unpaired) electrons. The van der Waals surface area contributed by atoms with Crippen LogP contribution in [0.1, 0.15) is 11.3 Å². The van der Waals surface area contributed by atoms with E-state index in [1.165, 1.54) is 5.38 Å². The minimum atomic E-state index is -0.828. The summed E-state index contributed by atoms with van der Waals surface area (Å²) in [6.45, 7) is 0.00539. The number of rotatable bonds is 7. The van der Waals surface area contributed by atoms with Crippen molar-refractivity contribution >= 4 is 34.6 Å². The van der Waals surface area contributed by atoms with E-state index in [2.05, 4.69) is 15.1 Å². The molecule has 1 aromatic carbocycles. The quantitative estimate of drug-likeness (QED) is 0.271. The molecule has 9 heteroatoms. The maximum absolute atomic E-state index is 12.0. The van der Waals surface area contributed by atoms with Crippen LogP contribution >= 0.6 is 11.3 Å². The van der Waals surface area contributed by atoms with Crippen LogP contribution in [0.15, 0.2) is 29.6 Å². The summed E-state index contributed by atoms with van der Waals surface area (Å²) in [5, 5.41) is 4.09. The summed E-state index contributed by atoms with van der Waals surface area (Å²) in [5.41, 5.74) is 9.52. The molecule has 2 rings (SSSR count). The number of amides is 1. The second-order valence-corrected chi connectivity index (χ2v) is 5.03. The summed E-state index contributed by atoms with van der Waals surface area (Å²) in [7, 11) is 1.56. The zero-order valence-corrected chi connectivity index (χ0v) is 12.9. The molecule has 0 aliphatic rings. The molecule has 0 spiro atoms. The van der Waals surface area contributed by atoms with Crippen LogP contribution in [0.3, 0.4) is 0 Å². The third kappa shape index (κ3) is 4.22. The van der Waals surface area contributed by atoms with Gasteiger partial charge >= 0.3 is 11.7 Å². The number of anilines is 1. The minimum Gasteiger partial charge on any atom is -0.497 e. The summed E-state index contributed by atoms with van der Waals surface area (Å²) in [5.74, 6) is -0.137. The number of hydrogen-bond donors (Lipinski definition) is 1. The summed E-state index contributed by atoms with van der Waals surface area (Å²) in [6.07, 6.45) is 0.459. The second kappa shape index (κ2) is 7.83. The topological polar surface area (TPSA) is 114 Å². The van der Waals surface area contributed by atoms with Crippen molar-refractivity contribution in [3.8, 4) is 5.75 Å². The van der Waals surface area contributed by atoms with Gasteiger partial charge in [0.15, 0.2) is 10.8 Å². The number of thiazole rings is 1. The fourth-order valence-electron chi connectivity index (χ4n) is 1.63. The number of carbonyl (C=O) groups is 2. The van der Waals surface area contributed by atoms with Gasteiger partial charge in [-0.05, 0) is 17.7 Å². The Bertz CT molecular complexity index is 750. The molecule has 0 fully saturated rings. The van der Waals surface area contributed by atoms with Crippen molar-refractivity contribution in [3.05, 3.63) is 46.4 Å². The molecular weight excluding hydrogens is 320 g/mol. The van der Waals surface area contributed by atoms with Gasteiger partial charge in [0.25, 0.3) is 0 Å². The average Bonchev–Trinajstić information content (AvgIpc) is 3.03. The standard InChI is InChI=1S/C14H12N4O4S/c1-21-10-4-2-9(3-5-10)6-22-13(20)12(18-15)11-7-23-14(17-11)16-8-19/h2-5,7-8H,6H2,1H3,(H,16,17,19). The lowest BCUT2D eigenvalue weighted by atomic mass is 10.2. The summed E-state index contributed by atoms with van der Waals surface area (Å²) in [6, 6.07) is 6.97. The summed E-state index contributed by atoms with van der Waals surface area (Å²) < 4.78 is 10.1. The Hall–Kier alpha value is -3.03. The van der Waals surface area contributed by atoms with Crippen molar-refractivity contribution in [3.63, 3.8) is 0 Å². The maximum atomic E-state index is 12.0. The van der Waals surface area contributed by atoms with Gasteiger partial charge in [0.05, 0.1) is 7.11 Å². The van der Waals surface area contributed by atoms with E-state index < -0.39 is 5.97 Å². The molecule has 2 aromatic rings. The molecule has 0 aliphatic heterocycles. The van der Waals surface area contributed by atoms with E-state index in [0.29, 0.717) is 12.2 Å². The van der Waals surface area contributed by atoms with E-state index in [1.807, 2.05) is 0 Å². The van der Waals surface area contributed by atoms with Gasteiger partial charge in [-0.1, -0.05) is 12.1 Å². The van der Waals surface area contributed by atoms with Crippen molar-refractivity contribution < 1.29 is 23.9 Å². The van der Waals surface area contributed by atoms with Crippen molar-refractivity contribution in [1.29, 1.82) is 0 Å². The number of benzene rings is 1. The Morgan fingerprint density at radius 2 is 2.17 bits per heavy atom. The van der Waals surface area contributed by atoms with Crippen molar-refractivity contribution in [2.24, 2.45) is 0 Å². The molecular formula is C14H12N4O4S. The van der Waals surface area contributed by atoms with Gasteiger partial charge in [-0.25, -0.2) is 9.78 Å². The molecule has 8 nitrogen and oxygen atoms in total. The molecule has 0 bridgehead atoms. The van der Waals surface area contributed by atoms with Gasteiger partial charge in [-0.3, -0.25) is 4.79 Å². The first kappa shape index (κ1) is 16.3. The van der Waals surface area contributed by atoms with E-state index >= 15 is 0 Å². The van der Waals surface area contributed by atoms with Crippen LogP contribution in [0.25, 0.3) is 5.53 Å². The molecule has 0 aliphatic carbocycles. The highest BCUT2D eigenvalue weighted by Gasteiger charge is 2.27. The van der Waals surface area contributed by atoms with Gasteiger partial charge < -0.3 is 20.3 Å². The van der Waals surface area contributed by atoms with Crippen LogP contribution in [0.5, 0.6) is 5.75 Å². The Labute approximate surface area is 135 Å². The lowest BCUT2D eigenvalue weighted by Crippen LogP contribution is -2.20. The molecule has 0 atom stereocenters. The third-order valence-corrected chi connectivity index (χ3v) is 3.53. The predicted molar refractivity (Wildman–Crippen MR) is 82.3 cm³/mol. The Morgan fingerprint density at radius 1 is 1.43 bits per heavy atom. The lowest BCUT2D eigenvalue weighted by molar-refractivity contribution is -0.141. The number of ether oxygens (including phenoxy) is 2. The highest BCUT2D eigenvalue weighted by Crippen LogP contribution is 2.16. The molecule has 0 unspecified atom stereocenters. The molecule has 0 saturated heterocycles. The van der Waals surface area contributed by atoms with Crippen molar-refractivity contribution in [2.45, 2.75) is 6.61 Å². The highest BCUT2D eigenvalue weighted by atomic mass is 32.1. The fourth-order valence-corrected chi connectivity index (χ4v) is 2.29. The number of aromatic nitrogens is 1. The second-order valence-electron chi connectivity index (χ2n) is 4.17. The van der Waals surface area contributed by atoms with E-state index in [4.69, 9.17) is 15.0 Å². The summed E-state index contributed by atoms with van der Waals surface area (Å²) >= 11 is 1.09. The Morgan fingerprint density at radius 3 is 2.78 bits per heavy atom. The zero-order valence-electron chi connectivity index (χ0n) is 12.1. The first-order valence-corrected chi connectivity index (χ1v) is 7.24. The smallest absolute Gasteiger partial charge is 0.425 e. The molecule has 1 heterocycles. The number of nitrogens with zero attached hydrogens (tertiary/aromatic N) is 3. The number of methoxy groups -OCH3 is 1. The number of carbonyl (C=O) groups excluding carboxylic acids is 2. The maximum Gasteiger partial charge on any atom is 0.425 e. The predicted octanol–water partition coefficient (Wildman–Crippen LogP) is 1.48. The zero-order chi connectivity index (χ0) is 16.7. The average molecular weight is 332 g/mol.